The van der Waals surface area contributed by atoms with Crippen LogP contribution in [-0.4, -0.2) is 41.3 Å². The van der Waals surface area contributed by atoms with Gasteiger partial charge in [0.25, 0.3) is 0 Å². The first kappa shape index (κ1) is 25.9. The van der Waals surface area contributed by atoms with Crippen molar-refractivity contribution in [2.24, 2.45) is 17.3 Å². The molecule has 0 amide bonds. The van der Waals surface area contributed by atoms with Crippen LogP contribution >= 0.6 is 0 Å². The molecule has 4 nitrogen and oxygen atoms in total. The van der Waals surface area contributed by atoms with E-state index >= 15 is 0 Å². The normalized spacial score (nSPS) is 22.3. The quantitative estimate of drug-likeness (QED) is 0.184. The minimum atomic E-state index is -1.19. The summed E-state index contributed by atoms with van der Waals surface area (Å²) < 4.78 is 10.7. The standard InChI is InChI=1S/C23H42O4Si2/c1-9-26-21(24)23(22(25)27-10-2)17-19(13-11-15-28(3,4)5)20(18-23)14-12-16-29(6,7)8/h11-14,19-20H,9-10,15-18H2,1-8H3/b13-11+,14-12+. The molecule has 0 aromatic heterocycles. The molecule has 1 saturated carbocycles. The fraction of sp³-hybridized carbons (Fsp3) is 0.739. The van der Waals surface area contributed by atoms with Crippen LogP contribution in [0.2, 0.25) is 51.4 Å². The van der Waals surface area contributed by atoms with Crippen molar-refractivity contribution in [1.82, 2.24) is 0 Å². The van der Waals surface area contributed by atoms with E-state index in [0.717, 1.165) is 12.1 Å². The highest BCUT2D eigenvalue weighted by atomic mass is 28.3. The van der Waals surface area contributed by atoms with Gasteiger partial charge in [0.2, 0.25) is 0 Å². The molecule has 2 unspecified atom stereocenters. The molecule has 0 aromatic rings. The van der Waals surface area contributed by atoms with Crippen LogP contribution in [-0.2, 0) is 19.1 Å². The Balaban J connectivity index is 3.19. The number of ether oxygens (including phenoxy) is 2. The molecule has 6 heteroatoms. The summed E-state index contributed by atoms with van der Waals surface area (Å²) in [6.07, 6.45) is 9.94. The monoisotopic (exact) mass is 438 g/mol. The molecule has 29 heavy (non-hydrogen) atoms. The number of esters is 2. The Labute approximate surface area is 180 Å². The van der Waals surface area contributed by atoms with Gasteiger partial charge >= 0.3 is 11.9 Å². The number of rotatable bonds is 10. The third-order valence-corrected chi connectivity index (χ3v) is 8.20. The Morgan fingerprint density at radius 3 is 1.41 bits per heavy atom. The molecule has 0 bridgehead atoms. The summed E-state index contributed by atoms with van der Waals surface area (Å²) in [6, 6.07) is 2.20. The summed E-state index contributed by atoms with van der Waals surface area (Å²) in [5.41, 5.74) is -1.19. The van der Waals surface area contributed by atoms with Crippen molar-refractivity contribution < 1.29 is 19.1 Å². The lowest BCUT2D eigenvalue weighted by Crippen LogP contribution is -2.40. The first-order valence-corrected chi connectivity index (χ1v) is 18.4. The maximum absolute atomic E-state index is 12.9. The van der Waals surface area contributed by atoms with Crippen molar-refractivity contribution in [3.63, 3.8) is 0 Å². The van der Waals surface area contributed by atoms with Crippen molar-refractivity contribution in [2.45, 2.75) is 78.1 Å². The summed E-state index contributed by atoms with van der Waals surface area (Å²) in [5.74, 6) is -0.553. The maximum atomic E-state index is 12.9. The van der Waals surface area contributed by atoms with Crippen LogP contribution in [0.3, 0.4) is 0 Å². The fourth-order valence-corrected chi connectivity index (χ4v) is 5.45. The van der Waals surface area contributed by atoms with E-state index in [1.54, 1.807) is 13.8 Å². The van der Waals surface area contributed by atoms with E-state index in [0.29, 0.717) is 12.8 Å². The molecule has 0 N–H and O–H groups in total. The molecule has 166 valence electrons. The Hall–Kier alpha value is -1.15. The topological polar surface area (TPSA) is 52.6 Å². The highest BCUT2D eigenvalue weighted by Crippen LogP contribution is 2.49. The average molecular weight is 439 g/mol. The maximum Gasteiger partial charge on any atom is 0.323 e. The van der Waals surface area contributed by atoms with Gasteiger partial charge in [-0.3, -0.25) is 9.59 Å². The van der Waals surface area contributed by atoms with E-state index in [4.69, 9.17) is 9.47 Å². The molecule has 1 aliphatic carbocycles. The van der Waals surface area contributed by atoms with Crippen LogP contribution in [0.5, 0.6) is 0 Å². The van der Waals surface area contributed by atoms with E-state index in [-0.39, 0.29) is 25.0 Å². The Morgan fingerprint density at radius 2 is 1.14 bits per heavy atom. The second-order valence-electron chi connectivity index (χ2n) is 10.6. The molecule has 0 aliphatic heterocycles. The smallest absolute Gasteiger partial charge is 0.323 e. The predicted molar refractivity (Wildman–Crippen MR) is 126 cm³/mol. The SMILES string of the molecule is CCOC(=O)C1(C(=O)OCC)CC(/C=C/C[Si](C)(C)C)C(/C=C/C[Si](C)(C)C)C1. The molecular weight excluding hydrogens is 396 g/mol. The minimum absolute atomic E-state index is 0.151. The number of carbonyl (C=O) groups excluding carboxylic acids is 2. The second kappa shape index (κ2) is 10.8. The number of allylic oxidation sites excluding steroid dienone is 4. The van der Waals surface area contributed by atoms with Crippen LogP contribution in [0.4, 0.5) is 0 Å². The van der Waals surface area contributed by atoms with Gasteiger partial charge in [0.05, 0.1) is 13.2 Å². The fourth-order valence-electron chi connectivity index (χ4n) is 3.76. The molecule has 0 saturated heterocycles. The minimum Gasteiger partial charge on any atom is -0.465 e. The molecule has 1 aliphatic rings. The first-order chi connectivity index (χ1) is 13.3. The highest BCUT2D eigenvalue weighted by molar-refractivity contribution is 6.76. The highest BCUT2D eigenvalue weighted by Gasteiger charge is 2.56. The first-order valence-electron chi connectivity index (χ1n) is 11.0. The van der Waals surface area contributed by atoms with Gasteiger partial charge in [0.1, 0.15) is 0 Å². The van der Waals surface area contributed by atoms with Crippen molar-refractivity contribution in [2.75, 3.05) is 13.2 Å². The summed E-state index contributed by atoms with van der Waals surface area (Å²) in [6.45, 7) is 18.2. The number of hydrogen-bond donors (Lipinski definition) is 0. The summed E-state index contributed by atoms with van der Waals surface area (Å²) >= 11 is 0. The predicted octanol–water partition coefficient (Wildman–Crippen LogP) is 5.91. The largest absolute Gasteiger partial charge is 0.465 e. The molecule has 2 atom stereocenters. The molecule has 0 heterocycles. The lowest BCUT2D eigenvalue weighted by molar-refractivity contribution is -0.171. The Bertz CT molecular complexity index is 557. The van der Waals surface area contributed by atoms with E-state index in [1.807, 2.05) is 0 Å². The van der Waals surface area contributed by atoms with Crippen molar-refractivity contribution >= 4 is 28.1 Å². The van der Waals surface area contributed by atoms with Gasteiger partial charge in [0.15, 0.2) is 5.41 Å². The third kappa shape index (κ3) is 8.25. The zero-order valence-electron chi connectivity index (χ0n) is 19.8. The molecular formula is C23H42O4Si2. The van der Waals surface area contributed by atoms with Crippen LogP contribution < -0.4 is 0 Å². The summed E-state index contributed by atoms with van der Waals surface area (Å²) in [4.78, 5) is 25.8. The van der Waals surface area contributed by atoms with E-state index < -0.39 is 33.5 Å². The van der Waals surface area contributed by atoms with E-state index in [9.17, 15) is 9.59 Å². The van der Waals surface area contributed by atoms with Gasteiger partial charge in [-0.2, -0.15) is 0 Å². The number of hydrogen-bond acceptors (Lipinski definition) is 4. The van der Waals surface area contributed by atoms with Gasteiger partial charge in [-0.15, -0.1) is 0 Å². The molecule has 1 rings (SSSR count). The van der Waals surface area contributed by atoms with E-state index in [2.05, 4.69) is 63.6 Å². The summed E-state index contributed by atoms with van der Waals surface area (Å²) in [7, 11) is -2.38. The van der Waals surface area contributed by atoms with Crippen molar-refractivity contribution in [1.29, 1.82) is 0 Å². The lowest BCUT2D eigenvalue weighted by atomic mass is 9.84. The average Bonchev–Trinajstić information content (AvgIpc) is 2.93. The van der Waals surface area contributed by atoms with Crippen LogP contribution in [0.25, 0.3) is 0 Å². The van der Waals surface area contributed by atoms with Crippen LogP contribution in [0, 0.1) is 17.3 Å². The summed E-state index contributed by atoms with van der Waals surface area (Å²) in [5, 5.41) is 0. The van der Waals surface area contributed by atoms with Crippen molar-refractivity contribution in [3.8, 4) is 0 Å². The zero-order chi connectivity index (χ0) is 22.3. The molecule has 0 spiro atoms. The van der Waals surface area contributed by atoms with Gasteiger partial charge in [-0.1, -0.05) is 63.6 Å². The van der Waals surface area contributed by atoms with Crippen molar-refractivity contribution in [3.05, 3.63) is 24.3 Å². The third-order valence-electron chi connectivity index (χ3n) is 5.28. The molecule has 0 aromatic carbocycles. The Kier molecular flexibility index (Phi) is 9.60. The van der Waals surface area contributed by atoms with Gasteiger partial charge in [-0.25, -0.2) is 0 Å². The zero-order valence-corrected chi connectivity index (χ0v) is 21.8. The second-order valence-corrected chi connectivity index (χ2v) is 21.7. The lowest BCUT2D eigenvalue weighted by Gasteiger charge is -2.24. The van der Waals surface area contributed by atoms with Crippen LogP contribution in [0.1, 0.15) is 26.7 Å². The van der Waals surface area contributed by atoms with Gasteiger partial charge < -0.3 is 9.47 Å². The van der Waals surface area contributed by atoms with Gasteiger partial charge in [-0.05, 0) is 50.6 Å². The molecule has 0 radical (unpaired) electrons. The molecule has 1 fully saturated rings. The Morgan fingerprint density at radius 1 is 0.793 bits per heavy atom. The van der Waals surface area contributed by atoms with Gasteiger partial charge in [0, 0.05) is 16.1 Å². The van der Waals surface area contributed by atoms with E-state index in [1.165, 1.54) is 0 Å². The van der Waals surface area contributed by atoms with Crippen LogP contribution in [0.15, 0.2) is 24.3 Å². The number of carbonyl (C=O) groups is 2.